The number of carboxylic acid groups (broad SMARTS) is 1. The van der Waals surface area contributed by atoms with Gasteiger partial charge in [0.15, 0.2) is 0 Å². The molecule has 0 aromatic carbocycles. The molecule has 1 aliphatic rings. The lowest BCUT2D eigenvalue weighted by Crippen LogP contribution is -2.46. The van der Waals surface area contributed by atoms with Gasteiger partial charge in [-0.3, -0.25) is 14.4 Å². The van der Waals surface area contributed by atoms with Crippen molar-refractivity contribution in [3.63, 3.8) is 0 Å². The van der Waals surface area contributed by atoms with Crippen molar-refractivity contribution >= 4 is 11.9 Å². The van der Waals surface area contributed by atoms with Crippen LogP contribution in [0.4, 0.5) is 0 Å². The number of amides is 1. The highest BCUT2D eigenvalue weighted by Crippen LogP contribution is 2.23. The maximum atomic E-state index is 12.2. The van der Waals surface area contributed by atoms with E-state index in [-0.39, 0.29) is 23.2 Å². The summed E-state index contributed by atoms with van der Waals surface area (Å²) in [6.45, 7) is 2.20. The molecular formula is C12H15N3O4. The number of aliphatic carboxylic acids is 1. The molecule has 1 amide bonds. The molecule has 1 fully saturated rings. The van der Waals surface area contributed by atoms with Gasteiger partial charge in [0.25, 0.3) is 11.5 Å². The fraction of sp³-hybridized carbons (Fsp3) is 0.500. The lowest BCUT2D eigenvalue weighted by atomic mass is 9.91. The fourth-order valence-corrected chi connectivity index (χ4v) is 2.30. The molecule has 2 unspecified atom stereocenters. The van der Waals surface area contributed by atoms with Gasteiger partial charge in [0.1, 0.15) is 5.69 Å². The van der Waals surface area contributed by atoms with Crippen LogP contribution in [0.25, 0.3) is 0 Å². The van der Waals surface area contributed by atoms with Crippen LogP contribution in [0, 0.1) is 5.92 Å². The Bertz CT molecular complexity index is 534. The van der Waals surface area contributed by atoms with Gasteiger partial charge in [0, 0.05) is 18.8 Å². The van der Waals surface area contributed by atoms with Gasteiger partial charge in [-0.25, -0.2) is 4.98 Å². The maximum absolute atomic E-state index is 12.2. The third-order valence-electron chi connectivity index (χ3n) is 3.38. The number of aromatic amines is 1. The van der Waals surface area contributed by atoms with Crippen molar-refractivity contribution < 1.29 is 14.7 Å². The molecule has 1 aromatic rings. The molecule has 7 nitrogen and oxygen atoms in total. The molecule has 102 valence electrons. The summed E-state index contributed by atoms with van der Waals surface area (Å²) >= 11 is 0. The van der Waals surface area contributed by atoms with E-state index in [1.807, 2.05) is 6.92 Å². The Morgan fingerprint density at radius 2 is 2.26 bits per heavy atom. The summed E-state index contributed by atoms with van der Waals surface area (Å²) in [6, 6.07) is -0.156. The SMILES string of the molecule is CC1CC(C(=O)O)CCN1C(=O)c1c[nH]c(=O)cn1. The van der Waals surface area contributed by atoms with Crippen LogP contribution in [0.15, 0.2) is 17.2 Å². The van der Waals surface area contributed by atoms with Crippen molar-refractivity contribution in [2.45, 2.75) is 25.8 Å². The van der Waals surface area contributed by atoms with E-state index >= 15 is 0 Å². The largest absolute Gasteiger partial charge is 0.481 e. The van der Waals surface area contributed by atoms with E-state index in [4.69, 9.17) is 5.11 Å². The van der Waals surface area contributed by atoms with E-state index in [0.717, 1.165) is 6.20 Å². The van der Waals surface area contributed by atoms with E-state index in [1.165, 1.54) is 6.20 Å². The third kappa shape index (κ3) is 2.81. The minimum Gasteiger partial charge on any atom is -0.481 e. The predicted octanol–water partition coefficient (Wildman–Crippen LogP) is 0.0952. The Morgan fingerprint density at radius 3 is 2.79 bits per heavy atom. The smallest absolute Gasteiger partial charge is 0.306 e. The normalized spacial score (nSPS) is 23.1. The molecule has 0 aliphatic carbocycles. The predicted molar refractivity (Wildman–Crippen MR) is 65.7 cm³/mol. The van der Waals surface area contributed by atoms with Gasteiger partial charge in [-0.2, -0.15) is 0 Å². The molecule has 2 atom stereocenters. The fourth-order valence-electron chi connectivity index (χ4n) is 2.30. The van der Waals surface area contributed by atoms with Crippen molar-refractivity contribution in [1.82, 2.24) is 14.9 Å². The van der Waals surface area contributed by atoms with E-state index in [1.54, 1.807) is 4.90 Å². The summed E-state index contributed by atoms with van der Waals surface area (Å²) in [4.78, 5) is 41.8. The number of hydrogen-bond acceptors (Lipinski definition) is 4. The number of carbonyl (C=O) groups excluding carboxylic acids is 1. The average molecular weight is 265 g/mol. The highest BCUT2D eigenvalue weighted by molar-refractivity contribution is 5.92. The zero-order valence-corrected chi connectivity index (χ0v) is 10.5. The summed E-state index contributed by atoms with van der Waals surface area (Å²) in [7, 11) is 0. The maximum Gasteiger partial charge on any atom is 0.306 e. The molecule has 1 aliphatic heterocycles. The highest BCUT2D eigenvalue weighted by Gasteiger charge is 2.32. The minimum atomic E-state index is -0.818. The van der Waals surface area contributed by atoms with Crippen LogP contribution < -0.4 is 5.56 Å². The van der Waals surface area contributed by atoms with Crippen LogP contribution >= 0.6 is 0 Å². The lowest BCUT2D eigenvalue weighted by molar-refractivity contribution is -0.143. The van der Waals surface area contributed by atoms with Crippen LogP contribution in [0.2, 0.25) is 0 Å². The number of nitrogens with zero attached hydrogens (tertiary/aromatic N) is 2. The lowest BCUT2D eigenvalue weighted by Gasteiger charge is -2.35. The first kappa shape index (κ1) is 13.3. The molecule has 1 aromatic heterocycles. The number of likely N-dealkylation sites (tertiary alicyclic amines) is 1. The van der Waals surface area contributed by atoms with Crippen LogP contribution in [0.5, 0.6) is 0 Å². The van der Waals surface area contributed by atoms with Crippen LogP contribution in [-0.2, 0) is 4.79 Å². The van der Waals surface area contributed by atoms with Gasteiger partial charge in [0.05, 0.1) is 12.1 Å². The number of carboxylic acids is 1. The Morgan fingerprint density at radius 1 is 1.53 bits per heavy atom. The first-order chi connectivity index (χ1) is 8.99. The zero-order valence-electron chi connectivity index (χ0n) is 10.5. The first-order valence-corrected chi connectivity index (χ1v) is 6.07. The third-order valence-corrected chi connectivity index (χ3v) is 3.38. The monoisotopic (exact) mass is 265 g/mol. The van der Waals surface area contributed by atoms with Crippen molar-refractivity contribution in [1.29, 1.82) is 0 Å². The number of hydrogen-bond donors (Lipinski definition) is 2. The summed E-state index contributed by atoms with van der Waals surface area (Å²) in [5, 5.41) is 8.97. The van der Waals surface area contributed by atoms with Gasteiger partial charge in [0.2, 0.25) is 0 Å². The zero-order chi connectivity index (χ0) is 14.0. The second-order valence-electron chi connectivity index (χ2n) is 4.70. The van der Waals surface area contributed by atoms with E-state index in [9.17, 15) is 14.4 Å². The van der Waals surface area contributed by atoms with E-state index < -0.39 is 11.9 Å². The first-order valence-electron chi connectivity index (χ1n) is 6.07. The van der Waals surface area contributed by atoms with Crippen molar-refractivity contribution in [3.05, 3.63) is 28.4 Å². The van der Waals surface area contributed by atoms with Crippen molar-refractivity contribution in [2.24, 2.45) is 5.92 Å². The van der Waals surface area contributed by atoms with Crippen molar-refractivity contribution in [3.8, 4) is 0 Å². The van der Waals surface area contributed by atoms with Crippen LogP contribution in [0.3, 0.4) is 0 Å². The van der Waals surface area contributed by atoms with Crippen molar-refractivity contribution in [2.75, 3.05) is 6.54 Å². The Hall–Kier alpha value is -2.18. The summed E-state index contributed by atoms with van der Waals surface area (Å²) < 4.78 is 0. The Kier molecular flexibility index (Phi) is 3.64. The van der Waals surface area contributed by atoms with Gasteiger partial charge < -0.3 is 15.0 Å². The molecule has 1 saturated heterocycles. The Balaban J connectivity index is 2.10. The molecule has 0 bridgehead atoms. The molecule has 19 heavy (non-hydrogen) atoms. The molecule has 2 heterocycles. The van der Waals surface area contributed by atoms with Gasteiger partial charge in [-0.1, -0.05) is 0 Å². The number of aromatic nitrogens is 2. The molecule has 0 radical (unpaired) electrons. The van der Waals surface area contributed by atoms with Gasteiger partial charge >= 0.3 is 5.97 Å². The number of nitrogens with one attached hydrogen (secondary N) is 1. The second-order valence-corrected chi connectivity index (χ2v) is 4.70. The topological polar surface area (TPSA) is 103 Å². The summed E-state index contributed by atoms with van der Waals surface area (Å²) in [5.41, 5.74) is -0.200. The quantitative estimate of drug-likeness (QED) is 0.789. The number of carbonyl (C=O) groups is 2. The standard InChI is InChI=1S/C12H15N3O4/c1-7-4-8(12(18)19)2-3-15(7)11(17)9-5-14-10(16)6-13-9/h5-8H,2-4H2,1H3,(H,14,16)(H,18,19). The Labute approximate surface area is 109 Å². The van der Waals surface area contributed by atoms with Crippen LogP contribution in [-0.4, -0.2) is 44.4 Å². The molecule has 7 heteroatoms. The molecule has 0 spiro atoms. The number of H-pyrrole nitrogens is 1. The van der Waals surface area contributed by atoms with E-state index in [0.29, 0.717) is 19.4 Å². The minimum absolute atomic E-state index is 0.156. The molecule has 0 saturated carbocycles. The number of rotatable bonds is 2. The number of piperidine rings is 1. The average Bonchev–Trinajstić information content (AvgIpc) is 2.38. The summed E-state index contributed by atoms with van der Waals surface area (Å²) in [5.74, 6) is -1.50. The van der Waals surface area contributed by atoms with E-state index in [2.05, 4.69) is 9.97 Å². The van der Waals surface area contributed by atoms with Crippen LogP contribution in [0.1, 0.15) is 30.3 Å². The molecule has 2 rings (SSSR count). The second kappa shape index (κ2) is 5.21. The summed E-state index contributed by atoms with van der Waals surface area (Å²) in [6.07, 6.45) is 3.21. The molecular weight excluding hydrogens is 250 g/mol. The highest BCUT2D eigenvalue weighted by atomic mass is 16.4. The molecule has 2 N–H and O–H groups in total. The van der Waals surface area contributed by atoms with Gasteiger partial charge in [-0.05, 0) is 19.8 Å². The van der Waals surface area contributed by atoms with Gasteiger partial charge in [-0.15, -0.1) is 0 Å².